The van der Waals surface area contributed by atoms with Gasteiger partial charge in [0, 0.05) is 30.5 Å². The van der Waals surface area contributed by atoms with E-state index in [-0.39, 0.29) is 5.75 Å². The molecule has 8 heteroatoms. The zero-order chi connectivity index (χ0) is 15.5. The van der Waals surface area contributed by atoms with Gasteiger partial charge in [0.25, 0.3) is 0 Å². The van der Waals surface area contributed by atoms with E-state index in [1.54, 1.807) is 18.0 Å². The van der Waals surface area contributed by atoms with Crippen molar-refractivity contribution in [3.8, 4) is 22.6 Å². The van der Waals surface area contributed by atoms with Crippen LogP contribution < -0.4 is 4.74 Å². The predicted molar refractivity (Wildman–Crippen MR) is 67.9 cm³/mol. The number of aromatic nitrogens is 2. The molecule has 0 aliphatic heterocycles. The van der Waals surface area contributed by atoms with Crippen molar-refractivity contribution in [1.82, 2.24) is 9.78 Å². The molecule has 0 aliphatic carbocycles. The summed E-state index contributed by atoms with van der Waals surface area (Å²) in [7, 11) is 1.57. The van der Waals surface area contributed by atoms with Crippen molar-refractivity contribution in [3.05, 3.63) is 30.6 Å². The maximum atomic E-state index is 12.1. The molecule has 2 rings (SSSR count). The number of methoxy groups -OCH3 is 1. The number of rotatable bonds is 5. The first-order valence-electron chi connectivity index (χ1n) is 5.99. The number of halogens is 3. The lowest BCUT2D eigenvalue weighted by Gasteiger charge is -2.10. The quantitative estimate of drug-likeness (QED) is 0.922. The van der Waals surface area contributed by atoms with Gasteiger partial charge in [-0.15, -0.1) is 13.2 Å². The molecule has 5 nitrogen and oxygen atoms in total. The van der Waals surface area contributed by atoms with Gasteiger partial charge in [0.15, 0.2) is 0 Å². The number of ether oxygens (including phenoxy) is 2. The zero-order valence-corrected chi connectivity index (χ0v) is 11.1. The van der Waals surface area contributed by atoms with Gasteiger partial charge in [-0.3, -0.25) is 4.68 Å². The second-order valence-corrected chi connectivity index (χ2v) is 4.21. The number of nitrogens with zero attached hydrogens (tertiary/aromatic N) is 2. The largest absolute Gasteiger partial charge is 0.573 e. The molecular formula is C13H13F3N2O3. The maximum Gasteiger partial charge on any atom is 0.573 e. The Kier molecular flexibility index (Phi) is 4.37. The van der Waals surface area contributed by atoms with Crippen molar-refractivity contribution < 1.29 is 27.8 Å². The van der Waals surface area contributed by atoms with Gasteiger partial charge in [-0.05, 0) is 12.1 Å². The van der Waals surface area contributed by atoms with E-state index in [9.17, 15) is 18.3 Å². The molecule has 0 atom stereocenters. The lowest BCUT2D eigenvalue weighted by Crippen LogP contribution is -2.16. The van der Waals surface area contributed by atoms with Crippen LogP contribution in [0.5, 0.6) is 11.5 Å². The second-order valence-electron chi connectivity index (χ2n) is 4.21. The van der Waals surface area contributed by atoms with Crippen LogP contribution in [0.3, 0.4) is 0 Å². The Balaban J connectivity index is 2.18. The number of hydrogen-bond acceptors (Lipinski definition) is 4. The van der Waals surface area contributed by atoms with Gasteiger partial charge < -0.3 is 14.6 Å². The molecule has 21 heavy (non-hydrogen) atoms. The Morgan fingerprint density at radius 2 is 2.10 bits per heavy atom. The van der Waals surface area contributed by atoms with Crippen LogP contribution in [0.25, 0.3) is 11.1 Å². The topological polar surface area (TPSA) is 56.5 Å². The van der Waals surface area contributed by atoms with Crippen LogP contribution in [-0.2, 0) is 11.3 Å². The highest BCUT2D eigenvalue weighted by molar-refractivity contribution is 5.69. The van der Waals surface area contributed by atoms with Crippen molar-refractivity contribution in [2.24, 2.45) is 0 Å². The van der Waals surface area contributed by atoms with Gasteiger partial charge >= 0.3 is 6.36 Å². The van der Waals surface area contributed by atoms with E-state index in [1.165, 1.54) is 12.3 Å². The molecule has 0 bridgehead atoms. The zero-order valence-electron chi connectivity index (χ0n) is 11.1. The summed E-state index contributed by atoms with van der Waals surface area (Å²) in [5, 5.41) is 13.9. The van der Waals surface area contributed by atoms with Gasteiger partial charge in [0.2, 0.25) is 0 Å². The molecule has 1 heterocycles. The third-order valence-corrected chi connectivity index (χ3v) is 2.67. The third kappa shape index (κ3) is 4.12. The number of phenolic OH excluding ortho intramolecular Hbond substituents is 1. The summed E-state index contributed by atoms with van der Waals surface area (Å²) in [6.07, 6.45) is -1.62. The number of aromatic hydroxyl groups is 1. The highest BCUT2D eigenvalue weighted by Gasteiger charge is 2.31. The molecular weight excluding hydrogens is 289 g/mol. The van der Waals surface area contributed by atoms with Crippen LogP contribution in [0.4, 0.5) is 13.2 Å². The van der Waals surface area contributed by atoms with Crippen LogP contribution in [0.2, 0.25) is 0 Å². The fourth-order valence-electron chi connectivity index (χ4n) is 1.76. The van der Waals surface area contributed by atoms with Crippen LogP contribution in [0.1, 0.15) is 0 Å². The third-order valence-electron chi connectivity index (χ3n) is 2.67. The SMILES string of the molecule is COCCn1cc(-c2ccc(OC(F)(F)F)cc2O)cn1. The Morgan fingerprint density at radius 3 is 2.71 bits per heavy atom. The van der Waals surface area contributed by atoms with Crippen molar-refractivity contribution in [1.29, 1.82) is 0 Å². The molecule has 0 radical (unpaired) electrons. The molecule has 0 aliphatic rings. The lowest BCUT2D eigenvalue weighted by molar-refractivity contribution is -0.274. The van der Waals surface area contributed by atoms with Crippen molar-refractivity contribution in [2.45, 2.75) is 12.9 Å². The summed E-state index contributed by atoms with van der Waals surface area (Å²) >= 11 is 0. The van der Waals surface area contributed by atoms with E-state index in [4.69, 9.17) is 4.74 Å². The van der Waals surface area contributed by atoms with E-state index < -0.39 is 12.1 Å². The molecule has 0 saturated heterocycles. The van der Waals surface area contributed by atoms with E-state index in [0.717, 1.165) is 12.1 Å². The fourth-order valence-corrected chi connectivity index (χ4v) is 1.76. The molecule has 114 valence electrons. The van der Waals surface area contributed by atoms with Crippen LogP contribution in [-0.4, -0.2) is 35.0 Å². The summed E-state index contributed by atoms with van der Waals surface area (Å²) in [4.78, 5) is 0. The smallest absolute Gasteiger partial charge is 0.507 e. The Morgan fingerprint density at radius 1 is 1.33 bits per heavy atom. The van der Waals surface area contributed by atoms with E-state index in [2.05, 4.69) is 9.84 Å². The summed E-state index contributed by atoms with van der Waals surface area (Å²) in [6.45, 7) is 1.01. The molecule has 0 unspecified atom stereocenters. The van der Waals surface area contributed by atoms with E-state index in [1.807, 2.05) is 0 Å². The lowest BCUT2D eigenvalue weighted by atomic mass is 10.1. The van der Waals surface area contributed by atoms with Crippen LogP contribution >= 0.6 is 0 Å². The molecule has 1 aromatic heterocycles. The normalized spacial score (nSPS) is 11.6. The second kappa shape index (κ2) is 6.04. The first-order chi connectivity index (χ1) is 9.89. The average Bonchev–Trinajstić information content (AvgIpc) is 2.83. The molecule has 1 N–H and O–H groups in total. The van der Waals surface area contributed by atoms with Gasteiger partial charge in [0.05, 0.1) is 19.3 Å². The van der Waals surface area contributed by atoms with Gasteiger partial charge in [-0.1, -0.05) is 0 Å². The molecule has 0 fully saturated rings. The van der Waals surface area contributed by atoms with Crippen LogP contribution in [0, 0.1) is 0 Å². The molecule has 0 saturated carbocycles. The van der Waals surface area contributed by atoms with E-state index >= 15 is 0 Å². The fraction of sp³-hybridized carbons (Fsp3) is 0.308. The predicted octanol–water partition coefficient (Wildman–Crippen LogP) is 2.80. The molecule has 2 aromatic rings. The minimum atomic E-state index is -4.79. The van der Waals surface area contributed by atoms with Crippen molar-refractivity contribution in [3.63, 3.8) is 0 Å². The Hall–Kier alpha value is -2.22. The number of phenols is 1. The van der Waals surface area contributed by atoms with Crippen LogP contribution in [0.15, 0.2) is 30.6 Å². The van der Waals surface area contributed by atoms with Crippen molar-refractivity contribution in [2.75, 3.05) is 13.7 Å². The molecule has 0 amide bonds. The Labute approximate surface area is 118 Å². The minimum absolute atomic E-state index is 0.317. The summed E-state index contributed by atoms with van der Waals surface area (Å²) < 4.78 is 46.5. The number of benzene rings is 1. The van der Waals surface area contributed by atoms with Gasteiger partial charge in [-0.2, -0.15) is 5.10 Å². The minimum Gasteiger partial charge on any atom is -0.507 e. The van der Waals surface area contributed by atoms with E-state index in [0.29, 0.717) is 24.3 Å². The first-order valence-corrected chi connectivity index (χ1v) is 5.99. The summed E-state index contributed by atoms with van der Waals surface area (Å²) in [6, 6.07) is 3.39. The van der Waals surface area contributed by atoms with Gasteiger partial charge in [0.1, 0.15) is 11.5 Å². The molecule has 0 spiro atoms. The Bertz CT molecular complexity index is 611. The monoisotopic (exact) mass is 302 g/mol. The summed E-state index contributed by atoms with van der Waals surface area (Å²) in [5.74, 6) is -0.793. The first kappa shape index (κ1) is 15.2. The molecule has 1 aromatic carbocycles. The maximum absolute atomic E-state index is 12.1. The number of hydrogen-bond donors (Lipinski definition) is 1. The standard InChI is InChI=1S/C13H13F3N2O3/c1-20-5-4-18-8-9(7-17-18)11-3-2-10(6-12(11)19)21-13(14,15)16/h2-3,6-8,19H,4-5H2,1H3. The van der Waals surface area contributed by atoms with Crippen molar-refractivity contribution >= 4 is 0 Å². The highest BCUT2D eigenvalue weighted by Crippen LogP contribution is 2.34. The number of alkyl halides is 3. The van der Waals surface area contributed by atoms with Gasteiger partial charge in [-0.25, -0.2) is 0 Å². The highest BCUT2D eigenvalue weighted by atomic mass is 19.4. The summed E-state index contributed by atoms with van der Waals surface area (Å²) in [5.41, 5.74) is 0.954. The average molecular weight is 302 g/mol.